The average Bonchev–Trinajstić information content (AvgIpc) is 3.36. The molecular formula is C26H23ClN2O3S. The van der Waals surface area contributed by atoms with Crippen LogP contribution in [-0.4, -0.2) is 23.5 Å². The van der Waals surface area contributed by atoms with E-state index in [1.54, 1.807) is 47.7 Å². The van der Waals surface area contributed by atoms with E-state index in [4.69, 9.17) is 21.3 Å². The minimum absolute atomic E-state index is 0.264. The van der Waals surface area contributed by atoms with E-state index in [-0.39, 0.29) is 11.9 Å². The summed E-state index contributed by atoms with van der Waals surface area (Å²) in [5, 5.41) is 6.23. The van der Waals surface area contributed by atoms with Gasteiger partial charge in [0.2, 0.25) is 0 Å². The highest BCUT2D eigenvalue weighted by molar-refractivity contribution is 7.13. The third kappa shape index (κ3) is 5.07. The van der Waals surface area contributed by atoms with Gasteiger partial charge in [-0.15, -0.1) is 11.3 Å². The van der Waals surface area contributed by atoms with Crippen LogP contribution >= 0.6 is 22.9 Å². The fourth-order valence-corrected chi connectivity index (χ4v) is 4.26. The summed E-state index contributed by atoms with van der Waals surface area (Å²) in [6.07, 6.45) is 1.79. The van der Waals surface area contributed by atoms with Gasteiger partial charge in [0.05, 0.1) is 33.8 Å². The number of aromatic nitrogens is 1. The number of thiophene rings is 1. The van der Waals surface area contributed by atoms with Crippen LogP contribution in [0.4, 0.5) is 5.69 Å². The van der Waals surface area contributed by atoms with Crippen molar-refractivity contribution in [3.63, 3.8) is 0 Å². The Balaban J connectivity index is 1.63. The molecule has 168 valence electrons. The minimum atomic E-state index is -0.366. The third-order valence-corrected chi connectivity index (χ3v) is 6.60. The van der Waals surface area contributed by atoms with Crippen LogP contribution in [0.15, 0.2) is 60.0 Å². The number of ether oxygens (including phenoxy) is 1. The first-order valence-electron chi connectivity index (χ1n) is 10.7. The Morgan fingerprint density at radius 1 is 1.12 bits per heavy atom. The highest BCUT2D eigenvalue weighted by Gasteiger charge is 2.17. The predicted molar refractivity (Wildman–Crippen MR) is 134 cm³/mol. The molecule has 0 fully saturated rings. The lowest BCUT2D eigenvalue weighted by Crippen LogP contribution is -2.13. The summed E-state index contributed by atoms with van der Waals surface area (Å²) in [4.78, 5) is 31.1. The first kappa shape index (κ1) is 23.0. The molecule has 4 rings (SSSR count). The summed E-state index contributed by atoms with van der Waals surface area (Å²) in [6.45, 7) is 4.34. The fourth-order valence-electron chi connectivity index (χ4n) is 3.42. The maximum absolute atomic E-state index is 13.3. The molecule has 2 aromatic heterocycles. The Kier molecular flexibility index (Phi) is 7.06. The van der Waals surface area contributed by atoms with Gasteiger partial charge in [0.25, 0.3) is 5.91 Å². The molecule has 4 aromatic rings. The molecule has 7 heteroatoms. The third-order valence-electron chi connectivity index (χ3n) is 5.30. The van der Waals surface area contributed by atoms with Gasteiger partial charge in [-0.05, 0) is 66.8 Å². The van der Waals surface area contributed by atoms with Crippen molar-refractivity contribution in [3.05, 3.63) is 81.7 Å². The van der Waals surface area contributed by atoms with Gasteiger partial charge in [0.15, 0.2) is 0 Å². The molecule has 0 spiro atoms. The molecule has 0 atom stereocenters. The Morgan fingerprint density at radius 2 is 1.91 bits per heavy atom. The van der Waals surface area contributed by atoms with Gasteiger partial charge < -0.3 is 10.1 Å². The van der Waals surface area contributed by atoms with Crippen LogP contribution in [0, 0.1) is 6.92 Å². The second-order valence-corrected chi connectivity index (χ2v) is 8.98. The SMILES string of the molecule is CCCCOC(=O)c1ccc(NC(=O)c2cc(-c3cccs3)nc3c(C)c(Cl)ccc23)cc1. The van der Waals surface area contributed by atoms with Crippen LogP contribution < -0.4 is 5.32 Å². The zero-order valence-corrected chi connectivity index (χ0v) is 19.9. The lowest BCUT2D eigenvalue weighted by Gasteiger charge is -2.12. The second kappa shape index (κ2) is 10.1. The van der Waals surface area contributed by atoms with Gasteiger partial charge in [-0.1, -0.05) is 37.1 Å². The van der Waals surface area contributed by atoms with Crippen molar-refractivity contribution < 1.29 is 14.3 Å². The largest absolute Gasteiger partial charge is 0.462 e. The molecule has 0 aliphatic rings. The highest BCUT2D eigenvalue weighted by Crippen LogP contribution is 2.32. The van der Waals surface area contributed by atoms with E-state index in [2.05, 4.69) is 5.32 Å². The number of carbonyl (C=O) groups excluding carboxylic acids is 2. The topological polar surface area (TPSA) is 68.3 Å². The number of pyridine rings is 1. The maximum Gasteiger partial charge on any atom is 0.338 e. The van der Waals surface area contributed by atoms with E-state index in [1.165, 1.54) is 0 Å². The number of benzene rings is 2. The van der Waals surface area contributed by atoms with E-state index in [1.807, 2.05) is 37.4 Å². The quantitative estimate of drug-likeness (QED) is 0.226. The molecule has 0 saturated heterocycles. The Morgan fingerprint density at radius 3 is 2.61 bits per heavy atom. The number of hydrogen-bond acceptors (Lipinski definition) is 5. The Labute approximate surface area is 201 Å². The number of anilines is 1. The van der Waals surface area contributed by atoms with Crippen LogP contribution in [0.5, 0.6) is 0 Å². The number of amides is 1. The number of halogens is 1. The van der Waals surface area contributed by atoms with Crippen molar-refractivity contribution in [2.75, 3.05) is 11.9 Å². The summed E-state index contributed by atoms with van der Waals surface area (Å²) in [7, 11) is 0. The Bertz CT molecular complexity index is 1300. The van der Waals surface area contributed by atoms with E-state index >= 15 is 0 Å². The standard InChI is InChI=1S/C26H23ClN2O3S/c1-3-4-13-32-26(31)17-7-9-18(10-8-17)28-25(30)20-15-22(23-6-5-14-33-23)29-24-16(2)21(27)12-11-19(20)24/h5-12,14-15H,3-4,13H2,1-2H3,(H,28,30). The van der Waals surface area contributed by atoms with Crippen molar-refractivity contribution >= 4 is 51.4 Å². The van der Waals surface area contributed by atoms with Crippen LogP contribution in [0.1, 0.15) is 46.0 Å². The fraction of sp³-hybridized carbons (Fsp3) is 0.192. The number of unbranched alkanes of at least 4 members (excludes halogenated alkanes) is 1. The Hall–Kier alpha value is -3.22. The zero-order chi connectivity index (χ0) is 23.4. The van der Waals surface area contributed by atoms with E-state index in [9.17, 15) is 9.59 Å². The number of esters is 1. The molecule has 0 aliphatic carbocycles. The normalized spacial score (nSPS) is 10.9. The molecule has 33 heavy (non-hydrogen) atoms. The van der Waals surface area contributed by atoms with Crippen LogP contribution in [0.3, 0.4) is 0 Å². The molecular weight excluding hydrogens is 456 g/mol. The van der Waals surface area contributed by atoms with Gasteiger partial charge in [-0.25, -0.2) is 9.78 Å². The number of aryl methyl sites for hydroxylation is 1. The minimum Gasteiger partial charge on any atom is -0.462 e. The molecule has 1 N–H and O–H groups in total. The molecule has 0 unspecified atom stereocenters. The number of carbonyl (C=O) groups is 2. The summed E-state index contributed by atoms with van der Waals surface area (Å²) in [5.74, 6) is -0.630. The summed E-state index contributed by atoms with van der Waals surface area (Å²) in [5.41, 5.74) is 3.78. The van der Waals surface area contributed by atoms with Crippen molar-refractivity contribution in [1.82, 2.24) is 4.98 Å². The van der Waals surface area contributed by atoms with Crippen molar-refractivity contribution in [1.29, 1.82) is 0 Å². The van der Waals surface area contributed by atoms with E-state index in [0.29, 0.717) is 34.0 Å². The molecule has 0 radical (unpaired) electrons. The molecule has 0 bridgehead atoms. The zero-order valence-electron chi connectivity index (χ0n) is 18.4. The summed E-state index contributed by atoms with van der Waals surface area (Å²) in [6, 6.07) is 16.0. The van der Waals surface area contributed by atoms with Crippen molar-refractivity contribution in [2.45, 2.75) is 26.7 Å². The number of nitrogens with one attached hydrogen (secondary N) is 1. The van der Waals surface area contributed by atoms with Gasteiger partial charge in [-0.3, -0.25) is 4.79 Å². The first-order valence-corrected chi connectivity index (χ1v) is 12.0. The number of fused-ring (bicyclic) bond motifs is 1. The van der Waals surface area contributed by atoms with Gasteiger partial charge in [-0.2, -0.15) is 0 Å². The van der Waals surface area contributed by atoms with Crippen molar-refractivity contribution in [2.24, 2.45) is 0 Å². The maximum atomic E-state index is 13.3. The van der Waals surface area contributed by atoms with Gasteiger partial charge >= 0.3 is 5.97 Å². The average molecular weight is 479 g/mol. The van der Waals surface area contributed by atoms with Crippen LogP contribution in [0.2, 0.25) is 5.02 Å². The van der Waals surface area contributed by atoms with E-state index < -0.39 is 0 Å². The molecule has 1 amide bonds. The predicted octanol–water partition coefficient (Wildman–Crippen LogP) is 7.13. The highest BCUT2D eigenvalue weighted by atomic mass is 35.5. The lowest BCUT2D eigenvalue weighted by molar-refractivity contribution is 0.0499. The number of nitrogens with zero attached hydrogens (tertiary/aromatic N) is 1. The summed E-state index contributed by atoms with van der Waals surface area (Å²) < 4.78 is 5.23. The smallest absolute Gasteiger partial charge is 0.338 e. The second-order valence-electron chi connectivity index (χ2n) is 7.62. The van der Waals surface area contributed by atoms with Gasteiger partial charge in [0, 0.05) is 16.1 Å². The first-order chi connectivity index (χ1) is 16.0. The summed E-state index contributed by atoms with van der Waals surface area (Å²) >= 11 is 7.89. The molecule has 5 nitrogen and oxygen atoms in total. The number of rotatable bonds is 7. The lowest BCUT2D eigenvalue weighted by atomic mass is 10.0. The molecule has 0 aliphatic heterocycles. The molecule has 2 heterocycles. The van der Waals surface area contributed by atoms with Crippen molar-refractivity contribution in [3.8, 4) is 10.6 Å². The molecule has 2 aromatic carbocycles. The van der Waals surface area contributed by atoms with Crippen LogP contribution in [-0.2, 0) is 4.74 Å². The van der Waals surface area contributed by atoms with Crippen LogP contribution in [0.25, 0.3) is 21.5 Å². The monoisotopic (exact) mass is 478 g/mol. The number of hydrogen-bond donors (Lipinski definition) is 1. The molecule has 0 saturated carbocycles. The van der Waals surface area contributed by atoms with Gasteiger partial charge in [0.1, 0.15) is 0 Å². The van der Waals surface area contributed by atoms with E-state index in [0.717, 1.165) is 34.4 Å².